The highest BCUT2D eigenvalue weighted by atomic mass is 19.1. The molecular weight excluding hydrogens is 489 g/mol. The summed E-state index contributed by atoms with van der Waals surface area (Å²) in [6.07, 6.45) is 5.76. The van der Waals surface area contributed by atoms with Crippen molar-refractivity contribution < 1.29 is 33.4 Å². The maximum atomic E-state index is 13.4. The maximum Gasteiger partial charge on any atom is 0.343 e. The zero-order chi connectivity index (χ0) is 27.3. The van der Waals surface area contributed by atoms with Crippen molar-refractivity contribution in [2.24, 2.45) is 0 Å². The summed E-state index contributed by atoms with van der Waals surface area (Å²) in [5.74, 6) is -2.05. The second-order valence-corrected chi connectivity index (χ2v) is 8.90. The van der Waals surface area contributed by atoms with Gasteiger partial charge in [-0.25, -0.2) is 14.0 Å². The molecular formula is C30H32FNO6. The van der Waals surface area contributed by atoms with Crippen molar-refractivity contribution in [2.75, 3.05) is 6.61 Å². The van der Waals surface area contributed by atoms with Gasteiger partial charge in [0.05, 0.1) is 12.2 Å². The number of hydrogen-bond acceptors (Lipinski definition) is 5. The van der Waals surface area contributed by atoms with Crippen molar-refractivity contribution in [1.82, 2.24) is 5.32 Å². The number of amides is 1. The topological polar surface area (TPSA) is 102 Å². The van der Waals surface area contributed by atoms with Crippen LogP contribution in [0.5, 0.6) is 11.5 Å². The van der Waals surface area contributed by atoms with Gasteiger partial charge in [-0.1, -0.05) is 50.8 Å². The lowest BCUT2D eigenvalue weighted by Gasteiger charge is -2.15. The minimum Gasteiger partial charge on any atom is -0.494 e. The number of unbranched alkanes of at least 4 members (excludes halogenated alkanes) is 4. The van der Waals surface area contributed by atoms with Gasteiger partial charge in [-0.15, -0.1) is 0 Å². The number of hydrogen-bond donors (Lipinski definition) is 2. The lowest BCUT2D eigenvalue weighted by molar-refractivity contribution is -0.139. The van der Waals surface area contributed by atoms with E-state index in [1.165, 1.54) is 37.5 Å². The fourth-order valence-electron chi connectivity index (χ4n) is 3.75. The first-order chi connectivity index (χ1) is 18.4. The van der Waals surface area contributed by atoms with Crippen molar-refractivity contribution >= 4 is 17.8 Å². The second kappa shape index (κ2) is 14.5. The second-order valence-electron chi connectivity index (χ2n) is 8.90. The summed E-state index contributed by atoms with van der Waals surface area (Å²) in [4.78, 5) is 36.5. The van der Waals surface area contributed by atoms with Crippen LogP contribution in [-0.4, -0.2) is 35.6 Å². The number of ether oxygens (including phenoxy) is 2. The fourth-order valence-corrected chi connectivity index (χ4v) is 3.75. The van der Waals surface area contributed by atoms with Gasteiger partial charge in [0.15, 0.2) is 0 Å². The molecule has 200 valence electrons. The quantitative estimate of drug-likeness (QED) is 0.157. The van der Waals surface area contributed by atoms with E-state index in [2.05, 4.69) is 12.2 Å². The van der Waals surface area contributed by atoms with Gasteiger partial charge in [0.2, 0.25) is 0 Å². The molecule has 0 unspecified atom stereocenters. The highest BCUT2D eigenvalue weighted by molar-refractivity contribution is 5.96. The summed E-state index contributed by atoms with van der Waals surface area (Å²) in [5, 5.41) is 11.9. The SMILES string of the molecule is CCCCCCCOc1ccc(C(=O)Oc2ccc(C[C@H](NC(=O)c3cccc(F)c3)C(=O)O)cc2)cc1. The van der Waals surface area contributed by atoms with Crippen LogP contribution in [0.3, 0.4) is 0 Å². The van der Waals surface area contributed by atoms with Crippen LogP contribution in [0.2, 0.25) is 0 Å². The van der Waals surface area contributed by atoms with Crippen molar-refractivity contribution in [3.05, 3.63) is 95.3 Å². The molecule has 3 rings (SSSR count). The zero-order valence-corrected chi connectivity index (χ0v) is 21.3. The Labute approximate surface area is 221 Å². The molecule has 8 heteroatoms. The van der Waals surface area contributed by atoms with Gasteiger partial charge in [0.25, 0.3) is 5.91 Å². The Morgan fingerprint density at radius 1 is 0.868 bits per heavy atom. The number of carboxylic acids is 1. The van der Waals surface area contributed by atoms with Crippen LogP contribution in [0.1, 0.15) is 65.3 Å². The molecule has 0 aliphatic rings. The largest absolute Gasteiger partial charge is 0.494 e. The number of aliphatic carboxylic acids is 1. The van der Waals surface area contributed by atoms with Crippen LogP contribution in [0.25, 0.3) is 0 Å². The van der Waals surface area contributed by atoms with Crippen LogP contribution in [0.15, 0.2) is 72.8 Å². The van der Waals surface area contributed by atoms with Gasteiger partial charge < -0.3 is 19.9 Å². The standard InChI is InChI=1S/C30H32FNO6/c1-2-3-4-5-6-18-37-25-16-12-22(13-17-25)30(36)38-26-14-10-21(11-15-26)19-27(29(34)35)32-28(33)23-8-7-9-24(31)20-23/h7-17,20,27H,2-6,18-19H2,1H3,(H,32,33)(H,34,35)/t27-/m0/s1. The van der Waals surface area contributed by atoms with E-state index < -0.39 is 29.7 Å². The predicted molar refractivity (Wildman–Crippen MR) is 141 cm³/mol. The van der Waals surface area contributed by atoms with E-state index in [0.717, 1.165) is 18.9 Å². The maximum absolute atomic E-state index is 13.4. The smallest absolute Gasteiger partial charge is 0.343 e. The van der Waals surface area contributed by atoms with Crippen LogP contribution < -0.4 is 14.8 Å². The van der Waals surface area contributed by atoms with Crippen molar-refractivity contribution in [3.63, 3.8) is 0 Å². The third-order valence-electron chi connectivity index (χ3n) is 5.87. The summed E-state index contributed by atoms with van der Waals surface area (Å²) in [7, 11) is 0. The lowest BCUT2D eigenvalue weighted by Crippen LogP contribution is -2.42. The summed E-state index contributed by atoms with van der Waals surface area (Å²) in [6, 6.07) is 16.9. The number of carbonyl (C=O) groups is 3. The van der Waals surface area contributed by atoms with Crippen molar-refractivity contribution in [2.45, 2.75) is 51.5 Å². The molecule has 0 saturated carbocycles. The number of carbonyl (C=O) groups excluding carboxylic acids is 2. The molecule has 0 aliphatic heterocycles. The number of esters is 1. The first-order valence-corrected chi connectivity index (χ1v) is 12.7. The molecule has 0 aliphatic carbocycles. The van der Waals surface area contributed by atoms with E-state index >= 15 is 0 Å². The monoisotopic (exact) mass is 521 g/mol. The van der Waals surface area contributed by atoms with E-state index in [0.29, 0.717) is 29.2 Å². The van der Waals surface area contributed by atoms with E-state index in [1.54, 1.807) is 48.5 Å². The first kappa shape index (κ1) is 28.4. The van der Waals surface area contributed by atoms with Gasteiger partial charge in [0, 0.05) is 12.0 Å². The minimum absolute atomic E-state index is 0.00924. The molecule has 0 heterocycles. The van der Waals surface area contributed by atoms with Crippen molar-refractivity contribution in [3.8, 4) is 11.5 Å². The molecule has 2 N–H and O–H groups in total. The Hall–Kier alpha value is -4.20. The highest BCUT2D eigenvalue weighted by Crippen LogP contribution is 2.18. The van der Waals surface area contributed by atoms with Crippen LogP contribution in [0.4, 0.5) is 4.39 Å². The Morgan fingerprint density at radius 2 is 1.55 bits per heavy atom. The third kappa shape index (κ3) is 9.03. The van der Waals surface area contributed by atoms with E-state index in [1.807, 2.05) is 0 Å². The fraction of sp³-hybridized carbons (Fsp3) is 0.300. The summed E-state index contributed by atoms with van der Waals surface area (Å²) >= 11 is 0. The highest BCUT2D eigenvalue weighted by Gasteiger charge is 2.21. The Kier molecular flexibility index (Phi) is 10.8. The van der Waals surface area contributed by atoms with Gasteiger partial charge in [-0.2, -0.15) is 0 Å². The van der Waals surface area contributed by atoms with E-state index in [4.69, 9.17) is 9.47 Å². The van der Waals surface area contributed by atoms with Crippen LogP contribution >= 0.6 is 0 Å². The molecule has 38 heavy (non-hydrogen) atoms. The van der Waals surface area contributed by atoms with Gasteiger partial charge in [-0.3, -0.25) is 4.79 Å². The lowest BCUT2D eigenvalue weighted by atomic mass is 10.1. The summed E-state index contributed by atoms with van der Waals surface area (Å²) in [6.45, 7) is 2.81. The third-order valence-corrected chi connectivity index (χ3v) is 5.87. The normalized spacial score (nSPS) is 11.4. The molecule has 0 bridgehead atoms. The Bertz CT molecular complexity index is 1210. The zero-order valence-electron chi connectivity index (χ0n) is 21.3. The summed E-state index contributed by atoms with van der Waals surface area (Å²) < 4.78 is 24.5. The molecule has 0 aromatic heterocycles. The molecule has 0 saturated heterocycles. The first-order valence-electron chi connectivity index (χ1n) is 12.7. The van der Waals surface area contributed by atoms with E-state index in [9.17, 15) is 23.9 Å². The molecule has 7 nitrogen and oxygen atoms in total. The molecule has 3 aromatic rings. The van der Waals surface area contributed by atoms with Crippen LogP contribution in [0, 0.1) is 5.82 Å². The number of halogens is 1. The summed E-state index contributed by atoms with van der Waals surface area (Å²) in [5.41, 5.74) is 1.00. The van der Waals surface area contributed by atoms with Gasteiger partial charge >= 0.3 is 11.9 Å². The molecule has 0 fully saturated rings. The molecule has 0 radical (unpaired) electrons. The number of benzene rings is 3. The number of rotatable bonds is 14. The Morgan fingerprint density at radius 3 is 2.21 bits per heavy atom. The predicted octanol–water partition coefficient (Wildman–Crippen LogP) is 5.82. The molecule has 1 atom stereocenters. The molecule has 1 amide bonds. The Balaban J connectivity index is 1.50. The average molecular weight is 522 g/mol. The molecule has 3 aromatic carbocycles. The minimum atomic E-state index is -1.23. The van der Waals surface area contributed by atoms with E-state index in [-0.39, 0.29) is 12.0 Å². The van der Waals surface area contributed by atoms with Gasteiger partial charge in [0.1, 0.15) is 23.4 Å². The molecule has 0 spiro atoms. The van der Waals surface area contributed by atoms with Gasteiger partial charge in [-0.05, 0) is 66.6 Å². The average Bonchev–Trinajstić information content (AvgIpc) is 2.91. The van der Waals surface area contributed by atoms with Crippen molar-refractivity contribution in [1.29, 1.82) is 0 Å². The van der Waals surface area contributed by atoms with Crippen LogP contribution in [-0.2, 0) is 11.2 Å². The number of nitrogens with one attached hydrogen (secondary N) is 1. The number of carboxylic acid groups (broad SMARTS) is 1.